The fraction of sp³-hybridized carbons (Fsp3) is 0.667. The molecule has 1 aromatic heterocycles. The first-order valence-electron chi connectivity index (χ1n) is 8.51. The first-order valence-corrected chi connectivity index (χ1v) is 8.51. The summed E-state index contributed by atoms with van der Waals surface area (Å²) in [5.74, 6) is 2.24. The molecule has 0 atom stereocenters. The Kier molecular flexibility index (Phi) is 6.25. The highest BCUT2D eigenvalue weighted by molar-refractivity contribution is 5.79. The molecule has 0 radical (unpaired) electrons. The number of aromatic nitrogens is 1. The van der Waals surface area contributed by atoms with Crippen molar-refractivity contribution in [2.24, 2.45) is 16.3 Å². The summed E-state index contributed by atoms with van der Waals surface area (Å²) >= 11 is 0. The quantitative estimate of drug-likeness (QED) is 0.599. The number of hydrogen-bond acceptors (Lipinski definition) is 3. The number of aliphatic imine (C=N–C) groups is 1. The molecule has 0 bridgehead atoms. The van der Waals surface area contributed by atoms with E-state index >= 15 is 0 Å². The van der Waals surface area contributed by atoms with E-state index in [4.69, 9.17) is 4.74 Å². The Balaban J connectivity index is 1.86. The van der Waals surface area contributed by atoms with Crippen molar-refractivity contribution in [1.29, 1.82) is 0 Å². The van der Waals surface area contributed by atoms with Crippen LogP contribution in [0.3, 0.4) is 0 Å². The van der Waals surface area contributed by atoms with Gasteiger partial charge in [0.05, 0.1) is 7.11 Å². The Hall–Kier alpha value is -1.78. The molecular weight excluding hydrogens is 288 g/mol. The zero-order valence-electron chi connectivity index (χ0n) is 14.9. The highest BCUT2D eigenvalue weighted by Gasteiger charge is 2.37. The van der Waals surface area contributed by atoms with Gasteiger partial charge in [0.25, 0.3) is 0 Å². The fourth-order valence-electron chi connectivity index (χ4n) is 3.41. The van der Waals surface area contributed by atoms with Crippen LogP contribution in [-0.2, 0) is 6.54 Å². The van der Waals surface area contributed by atoms with Gasteiger partial charge < -0.3 is 15.4 Å². The molecule has 1 aliphatic rings. The number of guanidine groups is 1. The van der Waals surface area contributed by atoms with Crippen LogP contribution in [0.15, 0.2) is 23.3 Å². The maximum Gasteiger partial charge on any atom is 0.218 e. The van der Waals surface area contributed by atoms with E-state index in [2.05, 4.69) is 34.5 Å². The lowest BCUT2D eigenvalue weighted by atomic mass is 9.64. The van der Waals surface area contributed by atoms with Crippen LogP contribution < -0.4 is 15.4 Å². The van der Waals surface area contributed by atoms with Crippen LogP contribution in [0.1, 0.15) is 45.1 Å². The molecular formula is C18H30N4O. The average molecular weight is 318 g/mol. The summed E-state index contributed by atoms with van der Waals surface area (Å²) < 4.78 is 5.28. The van der Waals surface area contributed by atoms with Crippen molar-refractivity contribution in [3.63, 3.8) is 0 Å². The predicted molar refractivity (Wildman–Crippen MR) is 94.7 cm³/mol. The molecule has 0 spiro atoms. The van der Waals surface area contributed by atoms with E-state index in [9.17, 15) is 0 Å². The number of nitrogens with one attached hydrogen (secondary N) is 2. The van der Waals surface area contributed by atoms with E-state index in [0.29, 0.717) is 17.8 Å². The molecule has 0 amide bonds. The standard InChI is InChI=1S/C18H30N4O/c1-14(2)11-18(8-6-9-18)13-22-17(19-3)21-12-15-7-5-10-20-16(15)23-4/h5,7,10,14H,6,8-9,11-13H2,1-4H3,(H2,19,21,22). The smallest absolute Gasteiger partial charge is 0.218 e. The molecule has 0 aromatic carbocycles. The van der Waals surface area contributed by atoms with Crippen LogP contribution in [0, 0.1) is 11.3 Å². The summed E-state index contributed by atoms with van der Waals surface area (Å²) in [5, 5.41) is 6.86. The molecule has 23 heavy (non-hydrogen) atoms. The normalized spacial score (nSPS) is 16.8. The van der Waals surface area contributed by atoms with Crippen molar-refractivity contribution in [3.05, 3.63) is 23.9 Å². The second-order valence-corrected chi connectivity index (χ2v) is 6.90. The third-order valence-corrected chi connectivity index (χ3v) is 4.60. The minimum Gasteiger partial charge on any atom is -0.481 e. The van der Waals surface area contributed by atoms with E-state index in [1.165, 1.54) is 25.7 Å². The molecule has 1 aromatic rings. The molecule has 5 nitrogen and oxygen atoms in total. The van der Waals surface area contributed by atoms with Gasteiger partial charge in [-0.15, -0.1) is 0 Å². The number of methoxy groups -OCH3 is 1. The molecule has 1 heterocycles. The monoisotopic (exact) mass is 318 g/mol. The molecule has 1 saturated carbocycles. The molecule has 1 aliphatic carbocycles. The van der Waals surface area contributed by atoms with Gasteiger partial charge in [-0.2, -0.15) is 0 Å². The third-order valence-electron chi connectivity index (χ3n) is 4.60. The largest absolute Gasteiger partial charge is 0.481 e. The first-order chi connectivity index (χ1) is 11.1. The van der Waals surface area contributed by atoms with Crippen LogP contribution in [0.2, 0.25) is 0 Å². The van der Waals surface area contributed by atoms with Crippen LogP contribution in [0.25, 0.3) is 0 Å². The first kappa shape index (κ1) is 17.6. The molecule has 0 aliphatic heterocycles. The number of hydrogen-bond donors (Lipinski definition) is 2. The van der Waals surface area contributed by atoms with Gasteiger partial charge >= 0.3 is 0 Å². The predicted octanol–water partition coefficient (Wildman–Crippen LogP) is 2.97. The van der Waals surface area contributed by atoms with Gasteiger partial charge in [-0.25, -0.2) is 4.98 Å². The highest BCUT2D eigenvalue weighted by atomic mass is 16.5. The Labute approximate surface area is 139 Å². The topological polar surface area (TPSA) is 58.5 Å². The minimum absolute atomic E-state index is 0.456. The van der Waals surface area contributed by atoms with Gasteiger partial charge in [-0.05, 0) is 36.7 Å². The van der Waals surface area contributed by atoms with E-state index < -0.39 is 0 Å². The second kappa shape index (κ2) is 8.18. The van der Waals surface area contributed by atoms with Crippen LogP contribution in [-0.4, -0.2) is 31.6 Å². The fourth-order valence-corrected chi connectivity index (χ4v) is 3.41. The van der Waals surface area contributed by atoms with Gasteiger partial charge in [-0.3, -0.25) is 4.99 Å². The van der Waals surface area contributed by atoms with Crippen molar-refractivity contribution in [2.75, 3.05) is 20.7 Å². The SMILES string of the molecule is CN=C(NCc1cccnc1OC)NCC1(CC(C)C)CCC1. The zero-order chi connectivity index (χ0) is 16.7. The van der Waals surface area contributed by atoms with Crippen LogP contribution >= 0.6 is 0 Å². The highest BCUT2D eigenvalue weighted by Crippen LogP contribution is 2.45. The van der Waals surface area contributed by atoms with Crippen LogP contribution in [0.5, 0.6) is 5.88 Å². The number of pyridine rings is 1. The van der Waals surface area contributed by atoms with E-state index in [0.717, 1.165) is 24.0 Å². The van der Waals surface area contributed by atoms with Gasteiger partial charge in [-0.1, -0.05) is 26.3 Å². The van der Waals surface area contributed by atoms with Crippen molar-refractivity contribution in [1.82, 2.24) is 15.6 Å². The van der Waals surface area contributed by atoms with E-state index in [1.807, 2.05) is 19.2 Å². The van der Waals surface area contributed by atoms with Gasteiger partial charge in [0.1, 0.15) is 0 Å². The van der Waals surface area contributed by atoms with Crippen molar-refractivity contribution < 1.29 is 4.74 Å². The lowest BCUT2D eigenvalue weighted by molar-refractivity contribution is 0.104. The summed E-state index contributed by atoms with van der Waals surface area (Å²) in [5.41, 5.74) is 1.48. The zero-order valence-corrected chi connectivity index (χ0v) is 14.9. The van der Waals surface area contributed by atoms with Crippen molar-refractivity contribution in [3.8, 4) is 5.88 Å². The van der Waals surface area contributed by atoms with E-state index in [-0.39, 0.29) is 0 Å². The molecule has 5 heteroatoms. The number of nitrogens with zero attached hydrogens (tertiary/aromatic N) is 2. The Morgan fingerprint density at radius 1 is 1.39 bits per heavy atom. The van der Waals surface area contributed by atoms with Gasteiger partial charge in [0, 0.05) is 31.9 Å². The maximum atomic E-state index is 5.28. The molecule has 0 unspecified atom stereocenters. The van der Waals surface area contributed by atoms with Gasteiger partial charge in [0.15, 0.2) is 5.96 Å². The van der Waals surface area contributed by atoms with E-state index in [1.54, 1.807) is 13.3 Å². The summed E-state index contributed by atoms with van der Waals surface area (Å²) in [6, 6.07) is 3.93. The second-order valence-electron chi connectivity index (χ2n) is 6.90. The molecule has 2 rings (SSSR count). The average Bonchev–Trinajstić information content (AvgIpc) is 2.52. The summed E-state index contributed by atoms with van der Waals surface area (Å²) in [6.07, 6.45) is 7.03. The molecule has 1 fully saturated rings. The van der Waals surface area contributed by atoms with Gasteiger partial charge in [0.2, 0.25) is 5.88 Å². The Morgan fingerprint density at radius 3 is 2.74 bits per heavy atom. The summed E-state index contributed by atoms with van der Waals surface area (Å²) in [7, 11) is 3.46. The van der Waals surface area contributed by atoms with Crippen molar-refractivity contribution in [2.45, 2.75) is 46.1 Å². The Bertz CT molecular complexity index is 524. The molecule has 128 valence electrons. The third kappa shape index (κ3) is 4.85. The molecule has 0 saturated heterocycles. The Morgan fingerprint density at radius 2 is 2.17 bits per heavy atom. The summed E-state index contributed by atoms with van der Waals surface area (Å²) in [6.45, 7) is 6.26. The molecule has 2 N–H and O–H groups in total. The minimum atomic E-state index is 0.456. The number of rotatable bonds is 7. The lowest BCUT2D eigenvalue weighted by Crippen LogP contribution is -2.46. The maximum absolute atomic E-state index is 5.28. The summed E-state index contributed by atoms with van der Waals surface area (Å²) in [4.78, 5) is 8.55. The lowest BCUT2D eigenvalue weighted by Gasteiger charge is -2.43. The number of ether oxygens (including phenoxy) is 1. The van der Waals surface area contributed by atoms with Crippen molar-refractivity contribution >= 4 is 5.96 Å². The van der Waals surface area contributed by atoms with Crippen LogP contribution in [0.4, 0.5) is 0 Å².